The lowest BCUT2D eigenvalue weighted by Crippen LogP contribution is -2.41. The molecule has 0 saturated carbocycles. The lowest BCUT2D eigenvalue weighted by molar-refractivity contribution is -0.642. The van der Waals surface area contributed by atoms with Crippen LogP contribution in [0.5, 0.6) is 0 Å². The van der Waals surface area contributed by atoms with E-state index in [1.165, 1.54) is 0 Å². The largest absolute Gasteiger partial charge is 0.199 e. The van der Waals surface area contributed by atoms with Crippen molar-refractivity contribution in [1.82, 2.24) is 0 Å². The summed E-state index contributed by atoms with van der Waals surface area (Å²) in [7, 11) is 0. The normalized spacial score (nSPS) is 9.79. The van der Waals surface area contributed by atoms with Gasteiger partial charge in [-0.1, -0.05) is 22.3 Å². The molecule has 0 atom stereocenters. The average Bonchev–Trinajstić information content (AvgIpc) is 2.23. The minimum absolute atomic E-state index is 0.744. The Labute approximate surface area is 87.7 Å². The highest BCUT2D eigenvalue weighted by Gasteiger charge is 1.97. The molecule has 0 fully saturated rings. The Bertz CT molecular complexity index is 397. The quantitative estimate of drug-likeness (QED) is 0.745. The standard InChI is InChI=1S/C11H10ClN2/c12-10-4-6-11(7-5-10)13-14-8-2-1-3-9-14/h1-9,13H/q+1. The Hall–Kier alpha value is -1.54. The number of hydrogen-bond acceptors (Lipinski definition) is 1. The van der Waals surface area contributed by atoms with Crippen LogP contribution in [0.4, 0.5) is 5.69 Å². The van der Waals surface area contributed by atoms with Crippen LogP contribution in [0.3, 0.4) is 0 Å². The summed E-state index contributed by atoms with van der Waals surface area (Å²) >= 11 is 5.78. The molecule has 0 aliphatic carbocycles. The van der Waals surface area contributed by atoms with Crippen LogP contribution in [0.2, 0.25) is 5.02 Å². The molecule has 2 nitrogen and oxygen atoms in total. The molecule has 0 saturated heterocycles. The molecule has 2 rings (SSSR count). The number of rotatable bonds is 2. The van der Waals surface area contributed by atoms with Crippen LogP contribution < -0.4 is 10.1 Å². The van der Waals surface area contributed by atoms with Crippen LogP contribution in [0.15, 0.2) is 54.9 Å². The second-order valence-corrected chi connectivity index (χ2v) is 3.34. The van der Waals surface area contributed by atoms with Crippen molar-refractivity contribution in [2.45, 2.75) is 0 Å². The maximum Gasteiger partial charge on any atom is 0.199 e. The van der Waals surface area contributed by atoms with Crippen molar-refractivity contribution in [1.29, 1.82) is 0 Å². The first-order valence-corrected chi connectivity index (χ1v) is 4.71. The second kappa shape index (κ2) is 4.11. The van der Waals surface area contributed by atoms with Gasteiger partial charge in [-0.15, -0.1) is 0 Å². The fourth-order valence-electron chi connectivity index (χ4n) is 1.15. The summed E-state index contributed by atoms with van der Waals surface area (Å²) in [6.07, 6.45) is 3.88. The van der Waals surface area contributed by atoms with Crippen molar-refractivity contribution < 1.29 is 4.68 Å². The highest BCUT2D eigenvalue weighted by Crippen LogP contribution is 2.12. The molecule has 3 heteroatoms. The first-order valence-electron chi connectivity index (χ1n) is 4.33. The Kier molecular flexibility index (Phi) is 2.65. The van der Waals surface area contributed by atoms with Crippen LogP contribution in [0.1, 0.15) is 0 Å². The summed E-state index contributed by atoms with van der Waals surface area (Å²) < 4.78 is 1.88. The van der Waals surface area contributed by atoms with Gasteiger partial charge in [-0.2, -0.15) is 5.43 Å². The van der Waals surface area contributed by atoms with Crippen molar-refractivity contribution in [3.63, 3.8) is 0 Å². The smallest absolute Gasteiger partial charge is 0.161 e. The summed E-state index contributed by atoms with van der Waals surface area (Å²) in [5.41, 5.74) is 4.19. The van der Waals surface area contributed by atoms with Gasteiger partial charge in [0, 0.05) is 17.2 Å². The van der Waals surface area contributed by atoms with E-state index in [2.05, 4.69) is 5.43 Å². The van der Waals surface area contributed by atoms with Crippen LogP contribution in [-0.4, -0.2) is 0 Å². The number of nitrogens with zero attached hydrogens (tertiary/aromatic N) is 1. The zero-order valence-electron chi connectivity index (χ0n) is 7.52. The fourth-order valence-corrected chi connectivity index (χ4v) is 1.27. The molecular weight excluding hydrogens is 196 g/mol. The number of halogens is 1. The van der Waals surface area contributed by atoms with Gasteiger partial charge >= 0.3 is 0 Å². The van der Waals surface area contributed by atoms with Crippen molar-refractivity contribution in [3.05, 3.63) is 59.9 Å². The number of aromatic nitrogens is 1. The number of pyridine rings is 1. The van der Waals surface area contributed by atoms with Gasteiger partial charge in [0.05, 0.1) is 5.69 Å². The molecule has 0 aliphatic rings. The van der Waals surface area contributed by atoms with Crippen molar-refractivity contribution >= 4 is 17.3 Å². The third kappa shape index (κ3) is 2.24. The van der Waals surface area contributed by atoms with Gasteiger partial charge in [-0.05, 0) is 24.3 Å². The molecule has 14 heavy (non-hydrogen) atoms. The number of benzene rings is 1. The molecule has 1 aromatic heterocycles. The summed E-state index contributed by atoms with van der Waals surface area (Å²) in [4.78, 5) is 0. The average molecular weight is 206 g/mol. The zero-order valence-corrected chi connectivity index (χ0v) is 8.28. The van der Waals surface area contributed by atoms with Crippen molar-refractivity contribution in [3.8, 4) is 0 Å². The van der Waals surface area contributed by atoms with Crippen molar-refractivity contribution in [2.75, 3.05) is 5.43 Å². The van der Waals surface area contributed by atoms with Crippen LogP contribution >= 0.6 is 11.6 Å². The molecule has 70 valence electrons. The third-order valence-electron chi connectivity index (χ3n) is 1.82. The highest BCUT2D eigenvalue weighted by molar-refractivity contribution is 6.30. The highest BCUT2D eigenvalue weighted by atomic mass is 35.5. The second-order valence-electron chi connectivity index (χ2n) is 2.90. The van der Waals surface area contributed by atoms with Gasteiger partial charge in [0.1, 0.15) is 0 Å². The first kappa shape index (κ1) is 9.03. The predicted molar refractivity (Wildman–Crippen MR) is 57.1 cm³/mol. The summed E-state index contributed by atoms with van der Waals surface area (Å²) in [6, 6.07) is 13.5. The molecule has 0 radical (unpaired) electrons. The van der Waals surface area contributed by atoms with E-state index >= 15 is 0 Å². The van der Waals surface area contributed by atoms with E-state index in [4.69, 9.17) is 11.6 Å². The Morgan fingerprint density at radius 2 is 1.57 bits per heavy atom. The van der Waals surface area contributed by atoms with Gasteiger partial charge < -0.3 is 0 Å². The van der Waals surface area contributed by atoms with E-state index in [0.29, 0.717) is 0 Å². The maximum absolute atomic E-state index is 5.78. The minimum atomic E-state index is 0.744. The summed E-state index contributed by atoms with van der Waals surface area (Å²) in [5.74, 6) is 0. The Balaban J connectivity index is 2.16. The summed E-state index contributed by atoms with van der Waals surface area (Å²) in [5, 5.41) is 0.744. The number of anilines is 1. The third-order valence-corrected chi connectivity index (χ3v) is 2.07. The minimum Gasteiger partial charge on any atom is -0.161 e. The molecular formula is C11H10ClN2+. The molecule has 1 heterocycles. The van der Waals surface area contributed by atoms with E-state index in [9.17, 15) is 0 Å². The van der Waals surface area contributed by atoms with Gasteiger partial charge in [0.2, 0.25) is 0 Å². The van der Waals surface area contributed by atoms with Gasteiger partial charge in [-0.25, -0.2) is 0 Å². The first-order chi connectivity index (χ1) is 6.84. The molecule has 0 amide bonds. The monoisotopic (exact) mass is 205 g/mol. The molecule has 2 aromatic rings. The molecule has 1 N–H and O–H groups in total. The van der Waals surface area contributed by atoms with Crippen LogP contribution in [0, 0.1) is 0 Å². The van der Waals surface area contributed by atoms with Crippen molar-refractivity contribution in [2.24, 2.45) is 0 Å². The van der Waals surface area contributed by atoms with Gasteiger partial charge in [0.15, 0.2) is 12.4 Å². The van der Waals surface area contributed by atoms with E-state index in [-0.39, 0.29) is 0 Å². The van der Waals surface area contributed by atoms with Crippen LogP contribution in [-0.2, 0) is 0 Å². The number of nitrogens with one attached hydrogen (secondary N) is 1. The molecule has 0 aliphatic heterocycles. The van der Waals surface area contributed by atoms with E-state index in [1.54, 1.807) is 0 Å². The molecule has 0 unspecified atom stereocenters. The van der Waals surface area contributed by atoms with Crippen LogP contribution in [0.25, 0.3) is 0 Å². The SMILES string of the molecule is Clc1ccc(N[n+]2ccccc2)cc1. The van der Waals surface area contributed by atoms with Gasteiger partial charge in [-0.3, -0.25) is 0 Å². The fraction of sp³-hybridized carbons (Fsp3) is 0. The Morgan fingerprint density at radius 1 is 0.929 bits per heavy atom. The molecule has 0 spiro atoms. The topological polar surface area (TPSA) is 15.9 Å². The molecule has 1 aromatic carbocycles. The summed E-state index contributed by atoms with van der Waals surface area (Å²) in [6.45, 7) is 0. The Morgan fingerprint density at radius 3 is 2.21 bits per heavy atom. The molecule has 0 bridgehead atoms. The predicted octanol–water partition coefficient (Wildman–Crippen LogP) is 2.50. The van der Waals surface area contributed by atoms with E-state index in [1.807, 2.05) is 59.5 Å². The lowest BCUT2D eigenvalue weighted by atomic mass is 10.3. The lowest BCUT2D eigenvalue weighted by Gasteiger charge is -1.99. The van der Waals surface area contributed by atoms with Gasteiger partial charge in [0.25, 0.3) is 0 Å². The van der Waals surface area contributed by atoms with E-state index < -0.39 is 0 Å². The maximum atomic E-state index is 5.78. The zero-order chi connectivity index (χ0) is 9.80. The number of hydrogen-bond donors (Lipinski definition) is 1. The van der Waals surface area contributed by atoms with E-state index in [0.717, 1.165) is 10.7 Å².